The molecule has 0 bridgehead atoms. The molecule has 0 radical (unpaired) electrons. The first kappa shape index (κ1) is 25.2. The van der Waals surface area contributed by atoms with Crippen molar-refractivity contribution in [3.63, 3.8) is 0 Å². The number of aromatic nitrogens is 4. The number of anilines is 3. The minimum absolute atomic E-state index is 0.126. The standard InChI is InChI=1S/C23H34N8O3/c1-5-6-11-26-21-29-18(25)17-19(30-21)31(22(33)28-17)12-14-7-9-15(10-8-14)27-20(32)16(24)13-34-23(2,3)4/h7-10,16H,5-6,11-13,24H2,1-4H3,(H,27,32)(H,28,33)(H3,25,26,29,30). The van der Waals surface area contributed by atoms with Gasteiger partial charge in [0.15, 0.2) is 17.0 Å². The summed E-state index contributed by atoms with van der Waals surface area (Å²) in [6.45, 7) is 8.97. The number of nitrogens with one attached hydrogen (secondary N) is 2. The number of nitrogens with two attached hydrogens (primary N) is 2. The summed E-state index contributed by atoms with van der Waals surface area (Å²) in [7, 11) is 0. The molecule has 1 atom stereocenters. The van der Waals surface area contributed by atoms with Crippen molar-refractivity contribution in [1.82, 2.24) is 19.5 Å². The molecule has 11 nitrogen and oxygen atoms in total. The number of rotatable bonds is 10. The molecule has 0 fully saturated rings. The van der Waals surface area contributed by atoms with Gasteiger partial charge in [-0.15, -0.1) is 0 Å². The zero-order valence-electron chi connectivity index (χ0n) is 20.1. The molecule has 0 aliphatic rings. The first-order chi connectivity index (χ1) is 16.1. The molecule has 0 saturated carbocycles. The number of hydrogen-bond acceptors (Lipinski definition) is 9. The number of carbonyl (C=O) groups excluding carboxylic acids is 1. The Morgan fingerprint density at radius 2 is 1.91 bits per heavy atom. The normalized spacial score (nSPS) is 12.6. The van der Waals surface area contributed by atoms with Gasteiger partial charge in [-0.05, 0) is 44.9 Å². The van der Waals surface area contributed by atoms with Gasteiger partial charge in [0.1, 0.15) is 6.04 Å². The van der Waals surface area contributed by atoms with Crippen LogP contribution in [0.1, 0.15) is 46.1 Å². The fourth-order valence-corrected chi connectivity index (χ4v) is 3.14. The van der Waals surface area contributed by atoms with Gasteiger partial charge in [-0.2, -0.15) is 15.0 Å². The summed E-state index contributed by atoms with van der Waals surface area (Å²) < 4.78 is 7.14. The van der Waals surface area contributed by atoms with Gasteiger partial charge in [0.25, 0.3) is 6.01 Å². The largest absolute Gasteiger partial charge is 0.480 e. The number of amides is 1. The average Bonchev–Trinajstić information content (AvgIpc) is 3.09. The van der Waals surface area contributed by atoms with Gasteiger partial charge in [-0.1, -0.05) is 25.5 Å². The highest BCUT2D eigenvalue weighted by Gasteiger charge is 2.19. The Bertz CT molecular complexity index is 1120. The van der Waals surface area contributed by atoms with Crippen molar-refractivity contribution in [2.45, 2.75) is 58.7 Å². The van der Waals surface area contributed by atoms with Crippen LogP contribution in [0.2, 0.25) is 0 Å². The third-order valence-corrected chi connectivity index (χ3v) is 5.01. The molecule has 2 heterocycles. The van der Waals surface area contributed by atoms with Crippen LogP contribution < -0.4 is 22.1 Å². The maximum Gasteiger partial charge on any atom is 0.296 e. The van der Waals surface area contributed by atoms with Crippen LogP contribution in [0.15, 0.2) is 24.3 Å². The van der Waals surface area contributed by atoms with E-state index in [4.69, 9.17) is 16.2 Å². The third kappa shape index (κ3) is 6.55. The summed E-state index contributed by atoms with van der Waals surface area (Å²) in [6.07, 6.45) is 2.01. The predicted octanol–water partition coefficient (Wildman–Crippen LogP) is 2.46. The molecular weight excluding hydrogens is 436 g/mol. The van der Waals surface area contributed by atoms with Crippen molar-refractivity contribution in [2.24, 2.45) is 5.73 Å². The Morgan fingerprint density at radius 3 is 2.56 bits per heavy atom. The second-order valence-corrected chi connectivity index (χ2v) is 9.10. The lowest BCUT2D eigenvalue weighted by molar-refractivity contribution is -0.120. The third-order valence-electron chi connectivity index (χ3n) is 5.01. The molecular formula is C23H34N8O3. The number of fused-ring (bicyclic) bond motifs is 1. The lowest BCUT2D eigenvalue weighted by Crippen LogP contribution is -2.41. The topological polar surface area (TPSA) is 166 Å². The Morgan fingerprint density at radius 1 is 1.21 bits per heavy atom. The Kier molecular flexibility index (Phi) is 7.90. The fourth-order valence-electron chi connectivity index (χ4n) is 3.14. The number of nitrogens with zero attached hydrogens (tertiary/aromatic N) is 4. The Hall–Kier alpha value is -3.44. The highest BCUT2D eigenvalue weighted by atomic mass is 16.5. The molecule has 0 aliphatic heterocycles. The van der Waals surface area contributed by atoms with Gasteiger partial charge in [0, 0.05) is 12.2 Å². The zero-order chi connectivity index (χ0) is 24.9. The van der Waals surface area contributed by atoms with Gasteiger partial charge in [0.2, 0.25) is 11.9 Å². The van der Waals surface area contributed by atoms with Crippen molar-refractivity contribution in [3.8, 4) is 6.01 Å². The van der Waals surface area contributed by atoms with Gasteiger partial charge in [0.05, 0.1) is 18.8 Å². The average molecular weight is 471 g/mol. The predicted molar refractivity (Wildman–Crippen MR) is 133 cm³/mol. The van der Waals surface area contributed by atoms with Gasteiger partial charge in [-0.25, -0.2) is 0 Å². The van der Waals surface area contributed by atoms with E-state index in [2.05, 4.69) is 32.5 Å². The van der Waals surface area contributed by atoms with Crippen molar-refractivity contribution < 1.29 is 14.6 Å². The summed E-state index contributed by atoms with van der Waals surface area (Å²) in [6, 6.07) is 6.22. The second-order valence-electron chi connectivity index (χ2n) is 9.10. The summed E-state index contributed by atoms with van der Waals surface area (Å²) in [5.41, 5.74) is 13.8. The van der Waals surface area contributed by atoms with E-state index in [0.717, 1.165) is 24.9 Å². The van der Waals surface area contributed by atoms with E-state index >= 15 is 0 Å². The molecule has 3 aromatic rings. The van der Waals surface area contributed by atoms with Gasteiger partial charge >= 0.3 is 0 Å². The van der Waals surface area contributed by atoms with Gasteiger partial charge < -0.3 is 31.9 Å². The molecule has 1 amide bonds. The molecule has 0 aliphatic carbocycles. The summed E-state index contributed by atoms with van der Waals surface area (Å²) in [5.74, 6) is 0.262. The van der Waals surface area contributed by atoms with Crippen LogP contribution in [0.3, 0.4) is 0 Å². The van der Waals surface area contributed by atoms with Crippen LogP contribution in [0.25, 0.3) is 11.2 Å². The summed E-state index contributed by atoms with van der Waals surface area (Å²) in [4.78, 5) is 25.2. The lowest BCUT2D eigenvalue weighted by atomic mass is 10.2. The molecule has 2 aromatic heterocycles. The maximum absolute atomic E-state index is 12.3. The zero-order valence-corrected chi connectivity index (χ0v) is 20.1. The molecule has 0 saturated heterocycles. The molecule has 34 heavy (non-hydrogen) atoms. The van der Waals surface area contributed by atoms with E-state index < -0.39 is 6.04 Å². The highest BCUT2D eigenvalue weighted by molar-refractivity contribution is 5.94. The fraction of sp³-hybridized carbons (Fsp3) is 0.478. The molecule has 0 spiro atoms. The van der Waals surface area contributed by atoms with Crippen molar-refractivity contribution >= 4 is 34.5 Å². The van der Waals surface area contributed by atoms with Gasteiger partial charge in [-0.3, -0.25) is 9.36 Å². The first-order valence-electron chi connectivity index (χ1n) is 11.3. The van der Waals surface area contributed by atoms with E-state index in [1.54, 1.807) is 16.7 Å². The first-order valence-corrected chi connectivity index (χ1v) is 11.3. The molecule has 1 aromatic carbocycles. The smallest absolute Gasteiger partial charge is 0.296 e. The molecule has 11 heteroatoms. The van der Waals surface area contributed by atoms with E-state index in [9.17, 15) is 9.90 Å². The Labute approximate surface area is 198 Å². The number of ether oxygens (including phenoxy) is 1. The molecule has 7 N–H and O–H groups in total. The van der Waals surface area contributed by atoms with E-state index in [1.807, 2.05) is 32.9 Å². The highest BCUT2D eigenvalue weighted by Crippen LogP contribution is 2.25. The monoisotopic (exact) mass is 470 g/mol. The minimum atomic E-state index is -0.779. The van der Waals surface area contributed by atoms with Crippen LogP contribution in [-0.2, 0) is 16.1 Å². The number of unbranched alkanes of at least 4 members (excludes halogenated alkanes) is 1. The van der Waals surface area contributed by atoms with E-state index in [1.165, 1.54) is 0 Å². The number of imidazole rings is 1. The number of carbonyl (C=O) groups is 1. The van der Waals surface area contributed by atoms with Crippen LogP contribution in [-0.4, -0.2) is 55.3 Å². The van der Waals surface area contributed by atoms with Crippen molar-refractivity contribution in [2.75, 3.05) is 29.5 Å². The van der Waals surface area contributed by atoms with Crippen molar-refractivity contribution in [3.05, 3.63) is 29.8 Å². The number of nitrogen functional groups attached to an aromatic ring is 1. The van der Waals surface area contributed by atoms with E-state index in [0.29, 0.717) is 29.3 Å². The van der Waals surface area contributed by atoms with Crippen LogP contribution in [0.5, 0.6) is 6.01 Å². The SMILES string of the molecule is CCCCNc1nc(N)c2nc(O)n(Cc3ccc(NC(=O)C(N)COC(C)(C)C)cc3)c2n1. The second kappa shape index (κ2) is 10.7. The summed E-state index contributed by atoms with van der Waals surface area (Å²) >= 11 is 0. The number of aromatic hydroxyl groups is 1. The van der Waals surface area contributed by atoms with Crippen LogP contribution in [0.4, 0.5) is 17.5 Å². The maximum atomic E-state index is 12.3. The molecule has 3 rings (SSSR count). The quantitative estimate of drug-likeness (QED) is 0.280. The van der Waals surface area contributed by atoms with Crippen LogP contribution >= 0.6 is 0 Å². The van der Waals surface area contributed by atoms with Crippen LogP contribution in [0, 0.1) is 0 Å². The summed E-state index contributed by atoms with van der Waals surface area (Å²) in [5, 5.41) is 16.3. The number of benzene rings is 1. The molecule has 1 unspecified atom stereocenters. The lowest BCUT2D eigenvalue weighted by Gasteiger charge is -2.22. The number of hydrogen-bond donors (Lipinski definition) is 5. The molecule has 184 valence electrons. The Balaban J connectivity index is 1.70. The van der Waals surface area contributed by atoms with Crippen molar-refractivity contribution in [1.29, 1.82) is 0 Å². The van der Waals surface area contributed by atoms with E-state index in [-0.39, 0.29) is 29.9 Å². The minimum Gasteiger partial charge on any atom is -0.480 e.